The number of ketones is 1. The maximum absolute atomic E-state index is 13.2. The van der Waals surface area contributed by atoms with Crippen molar-refractivity contribution < 1.29 is 27.9 Å². The van der Waals surface area contributed by atoms with Crippen LogP contribution in [0.15, 0.2) is 48.5 Å². The zero-order valence-corrected chi connectivity index (χ0v) is 15.3. The van der Waals surface area contributed by atoms with Gasteiger partial charge in [0.05, 0.1) is 11.0 Å². The molecule has 0 heterocycles. The van der Waals surface area contributed by atoms with Gasteiger partial charge in [-0.3, -0.25) is 9.59 Å². The van der Waals surface area contributed by atoms with E-state index in [4.69, 9.17) is 0 Å². The van der Waals surface area contributed by atoms with Crippen molar-refractivity contribution in [3.05, 3.63) is 59.7 Å². The van der Waals surface area contributed by atoms with Crippen LogP contribution in [-0.2, 0) is 22.2 Å². The molecule has 0 spiro atoms. The van der Waals surface area contributed by atoms with E-state index in [1.165, 1.54) is 6.07 Å². The van der Waals surface area contributed by atoms with Gasteiger partial charge in [-0.2, -0.15) is 13.2 Å². The highest BCUT2D eigenvalue weighted by Gasteiger charge is 2.42. The molecule has 3 rings (SSSR count). The Morgan fingerprint density at radius 3 is 2.21 bits per heavy atom. The van der Waals surface area contributed by atoms with Crippen LogP contribution in [-0.4, -0.2) is 16.9 Å². The number of rotatable bonds is 6. The number of hydrogen-bond acceptors (Lipinski definition) is 2. The van der Waals surface area contributed by atoms with Gasteiger partial charge in [-0.15, -0.1) is 0 Å². The fourth-order valence-corrected chi connectivity index (χ4v) is 3.99. The Morgan fingerprint density at radius 2 is 1.64 bits per heavy atom. The summed E-state index contributed by atoms with van der Waals surface area (Å²) >= 11 is 0. The van der Waals surface area contributed by atoms with Crippen molar-refractivity contribution in [3.63, 3.8) is 0 Å². The maximum atomic E-state index is 13.2. The summed E-state index contributed by atoms with van der Waals surface area (Å²) in [5.74, 6) is -1.34. The van der Waals surface area contributed by atoms with Crippen molar-refractivity contribution in [2.45, 2.75) is 44.7 Å². The Balaban J connectivity index is 1.92. The monoisotopic (exact) mass is 390 g/mol. The topological polar surface area (TPSA) is 54.4 Å². The first-order valence-corrected chi connectivity index (χ1v) is 9.22. The molecule has 148 valence electrons. The van der Waals surface area contributed by atoms with Gasteiger partial charge in [-0.05, 0) is 41.7 Å². The molecule has 0 bridgehead atoms. The van der Waals surface area contributed by atoms with Crippen LogP contribution in [0, 0.1) is 5.41 Å². The molecule has 0 amide bonds. The van der Waals surface area contributed by atoms with Crippen LogP contribution in [0.25, 0.3) is 11.1 Å². The largest absolute Gasteiger partial charge is 0.481 e. The lowest BCUT2D eigenvalue weighted by molar-refractivity contribution is -0.151. The van der Waals surface area contributed by atoms with Crippen molar-refractivity contribution in [1.82, 2.24) is 0 Å². The van der Waals surface area contributed by atoms with Gasteiger partial charge < -0.3 is 5.11 Å². The summed E-state index contributed by atoms with van der Waals surface area (Å²) in [6.45, 7) is 0. The molecule has 2 aromatic carbocycles. The molecule has 1 saturated carbocycles. The lowest BCUT2D eigenvalue weighted by Crippen LogP contribution is -2.31. The number of alkyl halides is 3. The molecule has 0 aliphatic heterocycles. The molecule has 0 unspecified atom stereocenters. The number of benzene rings is 2. The first kappa shape index (κ1) is 20.1. The van der Waals surface area contributed by atoms with E-state index in [-0.39, 0.29) is 24.2 Å². The van der Waals surface area contributed by atoms with Crippen LogP contribution in [0.1, 0.15) is 43.2 Å². The highest BCUT2D eigenvalue weighted by Crippen LogP contribution is 2.42. The molecule has 0 aromatic heterocycles. The molecular formula is C22H21F3O3. The number of aliphatic carboxylic acids is 1. The van der Waals surface area contributed by atoms with Gasteiger partial charge in [-0.25, -0.2) is 0 Å². The fraction of sp³-hybridized carbons (Fsp3) is 0.364. The fourth-order valence-electron chi connectivity index (χ4n) is 3.99. The number of hydrogen-bond donors (Lipinski definition) is 1. The van der Waals surface area contributed by atoms with Gasteiger partial charge in [0.15, 0.2) is 0 Å². The zero-order chi connectivity index (χ0) is 20.4. The highest BCUT2D eigenvalue weighted by molar-refractivity contribution is 5.89. The molecule has 1 aliphatic carbocycles. The van der Waals surface area contributed by atoms with Crippen LogP contribution >= 0.6 is 0 Å². The Bertz CT molecular complexity index is 866. The lowest BCUT2D eigenvalue weighted by Gasteiger charge is -2.23. The van der Waals surface area contributed by atoms with Crippen molar-refractivity contribution in [1.29, 1.82) is 0 Å². The number of carboxylic acid groups (broad SMARTS) is 1. The van der Waals surface area contributed by atoms with E-state index in [0.29, 0.717) is 24.0 Å². The lowest BCUT2D eigenvalue weighted by atomic mass is 9.80. The number of carbonyl (C=O) groups is 2. The summed E-state index contributed by atoms with van der Waals surface area (Å²) in [6.07, 6.45) is -2.52. The van der Waals surface area contributed by atoms with Crippen LogP contribution in [0.3, 0.4) is 0 Å². The molecule has 6 heteroatoms. The van der Waals surface area contributed by atoms with Crippen LogP contribution in [0.5, 0.6) is 0 Å². The van der Waals surface area contributed by atoms with Gasteiger partial charge >= 0.3 is 12.1 Å². The highest BCUT2D eigenvalue weighted by atomic mass is 19.4. The predicted octanol–water partition coefficient (Wildman–Crippen LogP) is 5.52. The zero-order valence-electron chi connectivity index (χ0n) is 15.3. The van der Waals surface area contributed by atoms with E-state index in [1.807, 2.05) is 0 Å². The van der Waals surface area contributed by atoms with E-state index < -0.39 is 23.1 Å². The number of carbonyl (C=O) groups excluding carboxylic acids is 1. The summed E-state index contributed by atoms with van der Waals surface area (Å²) in [4.78, 5) is 24.4. The molecule has 0 radical (unpaired) electrons. The quantitative estimate of drug-likeness (QED) is 0.707. The number of carboxylic acids is 1. The first-order chi connectivity index (χ1) is 13.2. The molecule has 28 heavy (non-hydrogen) atoms. The van der Waals surface area contributed by atoms with Crippen molar-refractivity contribution >= 4 is 11.8 Å². The van der Waals surface area contributed by atoms with Crippen LogP contribution in [0.2, 0.25) is 0 Å². The standard InChI is InChI=1S/C22H21F3O3/c23-22(24,25)17-8-9-19(15-6-2-1-3-7-15)16(12-17)13-18(26)14-21(20(27)28)10-4-5-11-21/h1-3,6-9,12H,4-5,10-11,13-14H2,(H,27,28). The number of Topliss-reactive ketones (excluding diaryl/α,β-unsaturated/α-hetero) is 1. The van der Waals surface area contributed by atoms with Crippen molar-refractivity contribution in [2.75, 3.05) is 0 Å². The molecule has 3 nitrogen and oxygen atoms in total. The van der Waals surface area contributed by atoms with E-state index >= 15 is 0 Å². The van der Waals surface area contributed by atoms with Gasteiger partial charge in [0.1, 0.15) is 5.78 Å². The van der Waals surface area contributed by atoms with E-state index in [9.17, 15) is 27.9 Å². The minimum atomic E-state index is -4.51. The van der Waals surface area contributed by atoms with Gasteiger partial charge in [0, 0.05) is 12.8 Å². The summed E-state index contributed by atoms with van der Waals surface area (Å²) in [6, 6.07) is 12.3. The van der Waals surface area contributed by atoms with Crippen LogP contribution in [0.4, 0.5) is 13.2 Å². The van der Waals surface area contributed by atoms with E-state index in [1.54, 1.807) is 30.3 Å². The Kier molecular flexibility index (Phi) is 5.59. The van der Waals surface area contributed by atoms with E-state index in [2.05, 4.69) is 0 Å². The molecular weight excluding hydrogens is 369 g/mol. The van der Waals surface area contributed by atoms with Gasteiger partial charge in [-0.1, -0.05) is 49.2 Å². The van der Waals surface area contributed by atoms with Crippen molar-refractivity contribution in [2.24, 2.45) is 5.41 Å². The second-order valence-corrected chi connectivity index (χ2v) is 7.42. The summed E-state index contributed by atoms with van der Waals surface area (Å²) in [5.41, 5.74) is -0.357. The number of halogens is 3. The third kappa shape index (κ3) is 4.26. The predicted molar refractivity (Wildman–Crippen MR) is 98.7 cm³/mol. The molecule has 2 aromatic rings. The normalized spacial score (nSPS) is 16.1. The Hall–Kier alpha value is -2.63. The van der Waals surface area contributed by atoms with Crippen molar-refractivity contribution in [3.8, 4) is 11.1 Å². The average Bonchev–Trinajstić information content (AvgIpc) is 3.11. The molecule has 1 aliphatic rings. The minimum Gasteiger partial charge on any atom is -0.481 e. The summed E-state index contributed by atoms with van der Waals surface area (Å²) in [7, 11) is 0. The van der Waals surface area contributed by atoms with Crippen LogP contribution < -0.4 is 0 Å². The molecule has 0 saturated heterocycles. The Morgan fingerprint density at radius 1 is 1.00 bits per heavy atom. The third-order valence-corrected chi connectivity index (χ3v) is 5.45. The van der Waals surface area contributed by atoms with Gasteiger partial charge in [0.2, 0.25) is 0 Å². The average molecular weight is 390 g/mol. The molecule has 1 N–H and O–H groups in total. The second-order valence-electron chi connectivity index (χ2n) is 7.42. The van der Waals surface area contributed by atoms with E-state index in [0.717, 1.165) is 25.0 Å². The Labute approximate surface area is 161 Å². The summed E-state index contributed by atoms with van der Waals surface area (Å²) in [5, 5.41) is 9.56. The summed E-state index contributed by atoms with van der Waals surface area (Å²) < 4.78 is 39.5. The molecule has 0 atom stereocenters. The minimum absolute atomic E-state index is 0.146. The maximum Gasteiger partial charge on any atom is 0.416 e. The first-order valence-electron chi connectivity index (χ1n) is 9.22. The SMILES string of the molecule is O=C(Cc1cc(C(F)(F)F)ccc1-c1ccccc1)CC1(C(=O)O)CCCC1. The van der Waals surface area contributed by atoms with Gasteiger partial charge in [0.25, 0.3) is 0 Å². The second kappa shape index (κ2) is 7.78. The molecule has 1 fully saturated rings. The smallest absolute Gasteiger partial charge is 0.416 e. The third-order valence-electron chi connectivity index (χ3n) is 5.45.